The van der Waals surface area contributed by atoms with E-state index >= 15 is 0 Å². The lowest BCUT2D eigenvalue weighted by Crippen LogP contribution is -2.47. The van der Waals surface area contributed by atoms with Crippen LogP contribution >= 0.6 is 0 Å². The van der Waals surface area contributed by atoms with Crippen molar-refractivity contribution in [1.29, 1.82) is 0 Å². The Kier molecular flexibility index (Phi) is 4.96. The average molecular weight is 393 g/mol. The summed E-state index contributed by atoms with van der Waals surface area (Å²) in [7, 11) is 1.59. The number of nitrogens with zero attached hydrogens (tertiary/aromatic N) is 1. The lowest BCUT2D eigenvalue weighted by atomic mass is 9.76. The number of amides is 4. The number of nitrogens with one attached hydrogen (secondary N) is 2. The Bertz CT molecular complexity index is 957. The van der Waals surface area contributed by atoms with Crippen LogP contribution in [0.2, 0.25) is 0 Å². The number of benzene rings is 2. The van der Waals surface area contributed by atoms with Crippen LogP contribution in [0.15, 0.2) is 48.5 Å². The highest BCUT2D eigenvalue weighted by molar-refractivity contribution is 6.09. The molecule has 2 aromatic carbocycles. The predicted molar refractivity (Wildman–Crippen MR) is 106 cm³/mol. The van der Waals surface area contributed by atoms with Gasteiger partial charge < -0.3 is 15.4 Å². The normalized spacial score (nSPS) is 20.4. The summed E-state index contributed by atoms with van der Waals surface area (Å²) >= 11 is 0. The Hall–Kier alpha value is -3.35. The summed E-state index contributed by atoms with van der Waals surface area (Å²) < 4.78 is 5.11. The van der Waals surface area contributed by atoms with Crippen LogP contribution in [0.3, 0.4) is 0 Å². The van der Waals surface area contributed by atoms with Gasteiger partial charge in [-0.15, -0.1) is 0 Å². The molecule has 1 fully saturated rings. The van der Waals surface area contributed by atoms with Crippen molar-refractivity contribution < 1.29 is 19.1 Å². The SMILES string of the molecule is COc1ccc(CNC(=O)CN2C(=O)N[C@@]3(CCCc4ccccc43)C2=O)cc1. The fourth-order valence-corrected chi connectivity index (χ4v) is 4.10. The van der Waals surface area contributed by atoms with Gasteiger partial charge in [-0.2, -0.15) is 0 Å². The zero-order valence-electron chi connectivity index (χ0n) is 16.2. The number of fused-ring (bicyclic) bond motifs is 2. The summed E-state index contributed by atoms with van der Waals surface area (Å²) in [6, 6.07) is 14.5. The second-order valence-corrected chi connectivity index (χ2v) is 7.36. The Balaban J connectivity index is 1.44. The summed E-state index contributed by atoms with van der Waals surface area (Å²) in [5.74, 6) is -0.00261. The highest BCUT2D eigenvalue weighted by Crippen LogP contribution is 2.39. The number of hydrogen-bond donors (Lipinski definition) is 2. The number of rotatable bonds is 5. The Morgan fingerprint density at radius 1 is 1.17 bits per heavy atom. The van der Waals surface area contributed by atoms with Gasteiger partial charge in [-0.25, -0.2) is 4.79 Å². The molecule has 4 rings (SSSR count). The monoisotopic (exact) mass is 393 g/mol. The molecule has 1 heterocycles. The molecule has 1 spiro atoms. The van der Waals surface area contributed by atoms with Crippen molar-refractivity contribution in [2.75, 3.05) is 13.7 Å². The summed E-state index contributed by atoms with van der Waals surface area (Å²) in [6.45, 7) is 0.00515. The third-order valence-electron chi connectivity index (χ3n) is 5.60. The van der Waals surface area contributed by atoms with E-state index < -0.39 is 11.6 Å². The third kappa shape index (κ3) is 3.44. The zero-order chi connectivity index (χ0) is 20.4. The lowest BCUT2D eigenvalue weighted by Gasteiger charge is -2.33. The van der Waals surface area contributed by atoms with Gasteiger partial charge in [0.15, 0.2) is 0 Å². The molecule has 0 bridgehead atoms. The van der Waals surface area contributed by atoms with Crippen molar-refractivity contribution >= 4 is 17.8 Å². The number of methoxy groups -OCH3 is 1. The Morgan fingerprint density at radius 2 is 1.93 bits per heavy atom. The van der Waals surface area contributed by atoms with Gasteiger partial charge in [-0.3, -0.25) is 14.5 Å². The van der Waals surface area contributed by atoms with Crippen LogP contribution in [0.4, 0.5) is 4.79 Å². The molecule has 2 aliphatic rings. The number of hydrogen-bond acceptors (Lipinski definition) is 4. The number of aryl methyl sites for hydroxylation is 1. The van der Waals surface area contributed by atoms with E-state index in [0.29, 0.717) is 13.0 Å². The van der Waals surface area contributed by atoms with E-state index in [9.17, 15) is 14.4 Å². The van der Waals surface area contributed by atoms with Gasteiger partial charge in [0.05, 0.1) is 7.11 Å². The maximum Gasteiger partial charge on any atom is 0.325 e. The predicted octanol–water partition coefficient (Wildman–Crippen LogP) is 2.09. The van der Waals surface area contributed by atoms with Crippen molar-refractivity contribution in [2.45, 2.75) is 31.3 Å². The van der Waals surface area contributed by atoms with Gasteiger partial charge in [0.2, 0.25) is 5.91 Å². The van der Waals surface area contributed by atoms with Crippen LogP contribution in [0.5, 0.6) is 5.75 Å². The molecule has 29 heavy (non-hydrogen) atoms. The second-order valence-electron chi connectivity index (χ2n) is 7.36. The van der Waals surface area contributed by atoms with Gasteiger partial charge in [-0.1, -0.05) is 36.4 Å². The van der Waals surface area contributed by atoms with Gasteiger partial charge in [0, 0.05) is 6.54 Å². The average Bonchev–Trinajstić information content (AvgIpc) is 2.97. The molecule has 1 aliphatic heterocycles. The van der Waals surface area contributed by atoms with Crippen molar-refractivity contribution in [2.24, 2.45) is 0 Å². The van der Waals surface area contributed by atoms with E-state index in [4.69, 9.17) is 4.74 Å². The molecular formula is C22H23N3O4. The van der Waals surface area contributed by atoms with E-state index in [2.05, 4.69) is 10.6 Å². The Labute approximate surface area is 169 Å². The first-order valence-corrected chi connectivity index (χ1v) is 9.65. The lowest BCUT2D eigenvalue weighted by molar-refractivity contribution is -0.135. The number of ether oxygens (including phenoxy) is 1. The van der Waals surface area contributed by atoms with E-state index in [-0.39, 0.29) is 18.4 Å². The van der Waals surface area contributed by atoms with E-state index in [0.717, 1.165) is 40.2 Å². The molecule has 1 saturated heterocycles. The van der Waals surface area contributed by atoms with Crippen LogP contribution in [-0.2, 0) is 28.1 Å². The quantitative estimate of drug-likeness (QED) is 0.762. The van der Waals surface area contributed by atoms with E-state index in [1.54, 1.807) is 7.11 Å². The summed E-state index contributed by atoms with van der Waals surface area (Å²) in [4.78, 5) is 39.1. The summed E-state index contributed by atoms with van der Waals surface area (Å²) in [6.07, 6.45) is 2.22. The van der Waals surface area contributed by atoms with Crippen molar-refractivity contribution in [1.82, 2.24) is 15.5 Å². The minimum absolute atomic E-state index is 0.301. The molecule has 0 unspecified atom stereocenters. The van der Waals surface area contributed by atoms with Crippen LogP contribution in [0.1, 0.15) is 29.5 Å². The molecule has 7 nitrogen and oxygen atoms in total. The molecule has 150 valence electrons. The fourth-order valence-electron chi connectivity index (χ4n) is 4.10. The highest BCUT2D eigenvalue weighted by Gasteiger charge is 2.54. The minimum atomic E-state index is -1.05. The topological polar surface area (TPSA) is 87.7 Å². The van der Waals surface area contributed by atoms with Crippen LogP contribution in [-0.4, -0.2) is 36.4 Å². The molecule has 1 atom stereocenters. The largest absolute Gasteiger partial charge is 0.497 e. The molecule has 0 aromatic heterocycles. The first-order chi connectivity index (χ1) is 14.0. The molecule has 7 heteroatoms. The van der Waals surface area contributed by atoms with Crippen molar-refractivity contribution in [3.05, 3.63) is 65.2 Å². The first-order valence-electron chi connectivity index (χ1n) is 9.65. The van der Waals surface area contributed by atoms with E-state index in [1.165, 1.54) is 0 Å². The van der Waals surface area contributed by atoms with Gasteiger partial charge in [-0.05, 0) is 48.1 Å². The van der Waals surface area contributed by atoms with Gasteiger partial charge in [0.25, 0.3) is 5.91 Å². The Morgan fingerprint density at radius 3 is 2.69 bits per heavy atom. The van der Waals surface area contributed by atoms with Crippen molar-refractivity contribution in [3.63, 3.8) is 0 Å². The van der Waals surface area contributed by atoms with Gasteiger partial charge >= 0.3 is 6.03 Å². The van der Waals surface area contributed by atoms with E-state index in [1.807, 2.05) is 48.5 Å². The number of carbonyl (C=O) groups excluding carboxylic acids is 3. The molecule has 4 amide bonds. The molecule has 1 aliphatic carbocycles. The minimum Gasteiger partial charge on any atom is -0.497 e. The maximum atomic E-state index is 13.2. The molecule has 2 N–H and O–H groups in total. The first kappa shape index (κ1) is 19.0. The second kappa shape index (κ2) is 7.58. The van der Waals surface area contributed by atoms with Gasteiger partial charge in [0.1, 0.15) is 17.8 Å². The third-order valence-corrected chi connectivity index (χ3v) is 5.60. The molecule has 0 radical (unpaired) electrons. The maximum absolute atomic E-state index is 13.2. The molecular weight excluding hydrogens is 370 g/mol. The summed E-state index contributed by atoms with van der Waals surface area (Å²) in [5, 5.41) is 5.62. The highest BCUT2D eigenvalue weighted by atomic mass is 16.5. The van der Waals surface area contributed by atoms with Crippen LogP contribution in [0, 0.1) is 0 Å². The summed E-state index contributed by atoms with van der Waals surface area (Å²) in [5.41, 5.74) is 1.75. The fraction of sp³-hybridized carbons (Fsp3) is 0.318. The smallest absolute Gasteiger partial charge is 0.325 e. The zero-order valence-corrected chi connectivity index (χ0v) is 16.2. The van der Waals surface area contributed by atoms with Crippen molar-refractivity contribution in [3.8, 4) is 5.75 Å². The molecule has 2 aromatic rings. The number of urea groups is 1. The van der Waals surface area contributed by atoms with Crippen LogP contribution in [0.25, 0.3) is 0 Å². The number of carbonyl (C=O) groups is 3. The number of imide groups is 1. The molecule has 0 saturated carbocycles. The standard InChI is InChI=1S/C22H23N3O4/c1-29-17-10-8-15(9-11-17)13-23-19(26)14-25-20(27)22(24-21(25)28)12-4-6-16-5-2-3-7-18(16)22/h2-3,5,7-11H,4,6,12-14H2,1H3,(H,23,26)(H,24,28)/t22-/m1/s1. The van der Waals surface area contributed by atoms with Crippen LogP contribution < -0.4 is 15.4 Å².